The van der Waals surface area contributed by atoms with Crippen LogP contribution in [-0.4, -0.2) is 123 Å². The molecule has 12 N–H and O–H groups in total. The van der Waals surface area contributed by atoms with E-state index in [0.29, 0.717) is 0 Å². The van der Waals surface area contributed by atoms with E-state index < -0.39 is 86.2 Å². The van der Waals surface area contributed by atoms with E-state index in [9.17, 15) is 30.6 Å². The highest BCUT2D eigenvalue weighted by atomic mass is 16.7. The summed E-state index contributed by atoms with van der Waals surface area (Å²) in [5.41, 5.74) is 17.7. The SMILES string of the molecule is NCC1OC(OC2C(N)CC(N)C(O)C2OC2OC(CO)C(O)C2O)CC(O)C1O. The van der Waals surface area contributed by atoms with Crippen LogP contribution in [0.1, 0.15) is 12.8 Å². The standard InChI is InChI=1S/C17H33N3O10/c18-3-8-12(24)7(22)2-10(27-8)29-15-6(20)1-5(19)11(23)16(15)30-17-14(26)13(25)9(4-21)28-17/h5-17,21-26H,1-4,18-20H2. The van der Waals surface area contributed by atoms with Gasteiger partial charge in [0.15, 0.2) is 12.6 Å². The number of ether oxygens (including phenoxy) is 4. The van der Waals surface area contributed by atoms with Crippen LogP contribution in [0.5, 0.6) is 0 Å². The minimum Gasteiger partial charge on any atom is -0.394 e. The minimum absolute atomic E-state index is 0.0508. The van der Waals surface area contributed by atoms with Crippen molar-refractivity contribution < 1.29 is 49.6 Å². The first-order valence-corrected chi connectivity index (χ1v) is 10.0. The molecule has 3 aliphatic rings. The summed E-state index contributed by atoms with van der Waals surface area (Å²) in [5, 5.41) is 59.9. The molecule has 0 aromatic heterocycles. The van der Waals surface area contributed by atoms with Crippen molar-refractivity contribution in [1.29, 1.82) is 0 Å². The molecule has 30 heavy (non-hydrogen) atoms. The van der Waals surface area contributed by atoms with Crippen molar-refractivity contribution in [2.75, 3.05) is 13.2 Å². The third kappa shape index (κ3) is 4.78. The predicted molar refractivity (Wildman–Crippen MR) is 98.4 cm³/mol. The molecular formula is C17H33N3O10. The van der Waals surface area contributed by atoms with Crippen molar-refractivity contribution in [3.63, 3.8) is 0 Å². The van der Waals surface area contributed by atoms with Gasteiger partial charge in [0, 0.05) is 25.0 Å². The average Bonchev–Trinajstić information content (AvgIpc) is 2.98. The normalized spacial score (nSPS) is 52.5. The van der Waals surface area contributed by atoms with E-state index in [1.807, 2.05) is 0 Å². The summed E-state index contributed by atoms with van der Waals surface area (Å²) in [6.45, 7) is -0.592. The zero-order valence-corrected chi connectivity index (χ0v) is 16.4. The number of aliphatic hydroxyl groups is 6. The molecular weight excluding hydrogens is 406 g/mol. The number of rotatable bonds is 6. The fourth-order valence-electron chi connectivity index (χ4n) is 4.11. The van der Waals surface area contributed by atoms with Crippen LogP contribution in [0.2, 0.25) is 0 Å². The quantitative estimate of drug-likeness (QED) is 0.188. The lowest BCUT2D eigenvalue weighted by Crippen LogP contribution is -2.65. The van der Waals surface area contributed by atoms with E-state index in [1.54, 1.807) is 0 Å². The highest BCUT2D eigenvalue weighted by molar-refractivity contribution is 5.00. The van der Waals surface area contributed by atoms with Gasteiger partial charge >= 0.3 is 0 Å². The molecule has 2 heterocycles. The number of aliphatic hydroxyl groups excluding tert-OH is 6. The molecule has 1 saturated carbocycles. The topological polar surface area (TPSA) is 236 Å². The highest BCUT2D eigenvalue weighted by Gasteiger charge is 2.50. The molecule has 0 spiro atoms. The van der Waals surface area contributed by atoms with Gasteiger partial charge in [-0.25, -0.2) is 0 Å². The Morgan fingerprint density at radius 1 is 0.767 bits per heavy atom. The van der Waals surface area contributed by atoms with E-state index in [-0.39, 0.29) is 19.4 Å². The Morgan fingerprint density at radius 2 is 1.47 bits per heavy atom. The lowest BCUT2D eigenvalue weighted by atomic mass is 9.84. The maximum absolute atomic E-state index is 10.6. The molecule has 13 nitrogen and oxygen atoms in total. The summed E-state index contributed by atoms with van der Waals surface area (Å²) in [4.78, 5) is 0. The Bertz CT molecular complexity index is 562. The molecule has 13 unspecified atom stereocenters. The fraction of sp³-hybridized carbons (Fsp3) is 1.00. The van der Waals surface area contributed by atoms with Crippen molar-refractivity contribution in [1.82, 2.24) is 0 Å². The van der Waals surface area contributed by atoms with Crippen LogP contribution in [0.3, 0.4) is 0 Å². The van der Waals surface area contributed by atoms with Crippen LogP contribution in [0.15, 0.2) is 0 Å². The summed E-state index contributed by atoms with van der Waals surface area (Å²) in [7, 11) is 0. The molecule has 0 aromatic rings. The Hall–Kier alpha value is -0.520. The maximum atomic E-state index is 10.6. The molecule has 13 atom stereocenters. The minimum atomic E-state index is -1.48. The fourth-order valence-corrected chi connectivity index (χ4v) is 4.11. The highest BCUT2D eigenvalue weighted by Crippen LogP contribution is 2.32. The van der Waals surface area contributed by atoms with Gasteiger partial charge in [0.05, 0.1) is 18.8 Å². The van der Waals surface area contributed by atoms with Gasteiger partial charge in [-0.3, -0.25) is 0 Å². The van der Waals surface area contributed by atoms with Crippen molar-refractivity contribution >= 4 is 0 Å². The largest absolute Gasteiger partial charge is 0.394 e. The number of nitrogens with two attached hydrogens (primary N) is 3. The van der Waals surface area contributed by atoms with Crippen molar-refractivity contribution in [3.8, 4) is 0 Å². The second-order valence-electron chi connectivity index (χ2n) is 8.10. The summed E-state index contributed by atoms with van der Waals surface area (Å²) in [6, 6.07) is -1.45. The van der Waals surface area contributed by atoms with Crippen LogP contribution < -0.4 is 17.2 Å². The van der Waals surface area contributed by atoms with E-state index in [2.05, 4.69) is 0 Å². The first-order valence-electron chi connectivity index (χ1n) is 10.0. The summed E-state index contributed by atoms with van der Waals surface area (Å²) >= 11 is 0. The second kappa shape index (κ2) is 9.95. The predicted octanol–water partition coefficient (Wildman–Crippen LogP) is -5.59. The summed E-state index contributed by atoms with van der Waals surface area (Å²) < 4.78 is 22.5. The van der Waals surface area contributed by atoms with Gasteiger partial charge < -0.3 is 66.8 Å². The van der Waals surface area contributed by atoms with Gasteiger partial charge in [0.1, 0.15) is 42.7 Å². The van der Waals surface area contributed by atoms with Crippen LogP contribution in [0.25, 0.3) is 0 Å². The van der Waals surface area contributed by atoms with Gasteiger partial charge in [0.2, 0.25) is 0 Å². The third-order valence-corrected chi connectivity index (χ3v) is 5.93. The molecule has 3 rings (SSSR count). The molecule has 0 radical (unpaired) electrons. The first-order chi connectivity index (χ1) is 14.2. The Kier molecular flexibility index (Phi) is 8.01. The van der Waals surface area contributed by atoms with E-state index in [0.717, 1.165) is 0 Å². The van der Waals surface area contributed by atoms with Crippen LogP contribution in [-0.2, 0) is 18.9 Å². The lowest BCUT2D eigenvalue weighted by Gasteiger charge is -2.45. The summed E-state index contributed by atoms with van der Waals surface area (Å²) in [6.07, 6.45) is -12.7. The zero-order chi connectivity index (χ0) is 22.2. The van der Waals surface area contributed by atoms with E-state index in [4.69, 9.17) is 36.1 Å². The van der Waals surface area contributed by atoms with Crippen LogP contribution >= 0.6 is 0 Å². The molecule has 0 amide bonds. The molecule has 1 aliphatic carbocycles. The molecule has 2 aliphatic heterocycles. The Morgan fingerprint density at radius 3 is 2.07 bits per heavy atom. The van der Waals surface area contributed by atoms with Gasteiger partial charge in [-0.15, -0.1) is 0 Å². The Balaban J connectivity index is 1.73. The van der Waals surface area contributed by atoms with Crippen LogP contribution in [0.4, 0.5) is 0 Å². The number of hydrogen-bond acceptors (Lipinski definition) is 13. The van der Waals surface area contributed by atoms with Crippen molar-refractivity contribution in [3.05, 3.63) is 0 Å². The molecule has 2 saturated heterocycles. The first kappa shape index (κ1) is 24.1. The summed E-state index contributed by atoms with van der Waals surface area (Å²) in [5.74, 6) is 0. The van der Waals surface area contributed by atoms with E-state index in [1.165, 1.54) is 0 Å². The molecule has 0 aromatic carbocycles. The van der Waals surface area contributed by atoms with Gasteiger partial charge in [0.25, 0.3) is 0 Å². The molecule has 3 fully saturated rings. The zero-order valence-electron chi connectivity index (χ0n) is 16.4. The maximum Gasteiger partial charge on any atom is 0.187 e. The van der Waals surface area contributed by atoms with Gasteiger partial charge in [-0.05, 0) is 6.42 Å². The van der Waals surface area contributed by atoms with Gasteiger partial charge in [-0.1, -0.05) is 0 Å². The second-order valence-corrected chi connectivity index (χ2v) is 8.10. The van der Waals surface area contributed by atoms with Gasteiger partial charge in [-0.2, -0.15) is 0 Å². The molecule has 176 valence electrons. The Labute approximate surface area is 173 Å². The smallest absolute Gasteiger partial charge is 0.187 e. The monoisotopic (exact) mass is 439 g/mol. The van der Waals surface area contributed by atoms with Crippen LogP contribution in [0, 0.1) is 0 Å². The van der Waals surface area contributed by atoms with E-state index >= 15 is 0 Å². The van der Waals surface area contributed by atoms with Crippen molar-refractivity contribution in [2.45, 2.75) is 92.4 Å². The third-order valence-electron chi connectivity index (χ3n) is 5.93. The number of hydrogen-bond donors (Lipinski definition) is 9. The average molecular weight is 439 g/mol. The lowest BCUT2D eigenvalue weighted by molar-refractivity contribution is -0.301. The van der Waals surface area contributed by atoms with Crippen molar-refractivity contribution in [2.24, 2.45) is 17.2 Å². The molecule has 13 heteroatoms. The molecule has 0 bridgehead atoms.